The van der Waals surface area contributed by atoms with Crippen LogP contribution in [-0.2, 0) is 0 Å². The predicted octanol–water partition coefficient (Wildman–Crippen LogP) is 0.420. The van der Waals surface area contributed by atoms with E-state index in [1.807, 2.05) is 9.80 Å². The minimum atomic E-state index is -0.0984. The van der Waals surface area contributed by atoms with Crippen molar-refractivity contribution in [3.05, 3.63) is 42.1 Å². The molecule has 0 spiro atoms. The number of likely N-dealkylation sites (N-methyl/N-ethyl adjacent to an activating group) is 1. The van der Waals surface area contributed by atoms with E-state index in [1.54, 1.807) is 29.4 Å². The Morgan fingerprint density at radius 3 is 2.11 bits per heavy atom. The normalized spacial score (nSPS) is 18.4. The second-order valence-electron chi connectivity index (χ2n) is 7.12. The second-order valence-corrected chi connectivity index (χ2v) is 7.12. The fourth-order valence-corrected chi connectivity index (χ4v) is 3.45. The SMILES string of the molecule is CN1CCN(C(=O)c2cnc(N3CCN(C(=O)c4ccco4)CC3)nc2)CC1. The molecule has 0 N–H and O–H groups in total. The molecule has 2 aromatic rings. The summed E-state index contributed by atoms with van der Waals surface area (Å²) in [4.78, 5) is 41.5. The van der Waals surface area contributed by atoms with E-state index in [2.05, 4.69) is 21.9 Å². The molecule has 148 valence electrons. The Labute approximate surface area is 163 Å². The minimum absolute atomic E-state index is 0.0199. The van der Waals surface area contributed by atoms with Gasteiger partial charge in [0.2, 0.25) is 5.95 Å². The number of carbonyl (C=O) groups is 2. The molecule has 0 atom stereocenters. The van der Waals surface area contributed by atoms with Gasteiger partial charge in [0, 0.05) is 64.8 Å². The summed E-state index contributed by atoms with van der Waals surface area (Å²) in [6.07, 6.45) is 4.70. The van der Waals surface area contributed by atoms with Gasteiger partial charge in [-0.3, -0.25) is 9.59 Å². The Hall–Kier alpha value is -2.94. The maximum absolute atomic E-state index is 12.6. The number of amides is 2. The standard InChI is InChI=1S/C19H24N6O3/c1-22-4-6-23(7-5-22)17(26)15-13-20-19(21-14-15)25-10-8-24(9-11-25)18(27)16-3-2-12-28-16/h2-3,12-14H,4-11H2,1H3. The molecule has 2 aromatic heterocycles. The van der Waals surface area contributed by atoms with Crippen molar-refractivity contribution in [2.24, 2.45) is 0 Å². The van der Waals surface area contributed by atoms with Gasteiger partial charge >= 0.3 is 0 Å². The summed E-state index contributed by atoms with van der Waals surface area (Å²) in [5.74, 6) is 0.823. The quantitative estimate of drug-likeness (QED) is 0.758. The molecule has 0 aliphatic carbocycles. The van der Waals surface area contributed by atoms with Crippen LogP contribution >= 0.6 is 0 Å². The molecule has 0 aromatic carbocycles. The van der Waals surface area contributed by atoms with Crippen LogP contribution in [0.5, 0.6) is 0 Å². The monoisotopic (exact) mass is 384 g/mol. The molecule has 2 fully saturated rings. The molecule has 0 unspecified atom stereocenters. The first kappa shape index (κ1) is 18.4. The largest absolute Gasteiger partial charge is 0.459 e. The van der Waals surface area contributed by atoms with Gasteiger partial charge in [0.1, 0.15) is 0 Å². The number of nitrogens with zero attached hydrogens (tertiary/aromatic N) is 6. The number of anilines is 1. The van der Waals surface area contributed by atoms with E-state index in [0.717, 1.165) is 26.2 Å². The number of hydrogen-bond acceptors (Lipinski definition) is 7. The van der Waals surface area contributed by atoms with Crippen LogP contribution in [0.3, 0.4) is 0 Å². The van der Waals surface area contributed by atoms with Crippen LogP contribution in [-0.4, -0.2) is 95.9 Å². The Bertz CT molecular complexity index is 807. The summed E-state index contributed by atoms with van der Waals surface area (Å²) in [6, 6.07) is 3.39. The van der Waals surface area contributed by atoms with Crippen LogP contribution in [0.1, 0.15) is 20.9 Å². The summed E-state index contributed by atoms with van der Waals surface area (Å²) >= 11 is 0. The lowest BCUT2D eigenvalue weighted by molar-refractivity contribution is 0.0662. The maximum Gasteiger partial charge on any atom is 0.289 e. The third-order valence-electron chi connectivity index (χ3n) is 5.26. The summed E-state index contributed by atoms with van der Waals surface area (Å²) < 4.78 is 5.18. The molecule has 4 heterocycles. The Morgan fingerprint density at radius 2 is 1.50 bits per heavy atom. The average molecular weight is 384 g/mol. The van der Waals surface area contributed by atoms with Crippen LogP contribution in [0.4, 0.5) is 5.95 Å². The van der Waals surface area contributed by atoms with E-state index in [0.29, 0.717) is 43.5 Å². The number of carbonyl (C=O) groups excluding carboxylic acids is 2. The zero-order valence-corrected chi connectivity index (χ0v) is 16.0. The van der Waals surface area contributed by atoms with Crippen molar-refractivity contribution >= 4 is 17.8 Å². The molecule has 9 heteroatoms. The van der Waals surface area contributed by atoms with Gasteiger partial charge < -0.3 is 24.0 Å². The molecule has 0 bridgehead atoms. The third kappa shape index (κ3) is 3.84. The molecular formula is C19H24N6O3. The third-order valence-corrected chi connectivity index (χ3v) is 5.26. The highest BCUT2D eigenvalue weighted by Gasteiger charge is 2.25. The molecule has 4 rings (SSSR count). The highest BCUT2D eigenvalue weighted by atomic mass is 16.3. The molecule has 0 saturated carbocycles. The number of furan rings is 1. The summed E-state index contributed by atoms with van der Waals surface area (Å²) in [7, 11) is 2.06. The predicted molar refractivity (Wildman–Crippen MR) is 102 cm³/mol. The van der Waals surface area contributed by atoms with E-state index in [4.69, 9.17) is 4.42 Å². The van der Waals surface area contributed by atoms with Crippen molar-refractivity contribution in [1.29, 1.82) is 0 Å². The van der Waals surface area contributed by atoms with Gasteiger partial charge in [0.05, 0.1) is 11.8 Å². The van der Waals surface area contributed by atoms with Crippen molar-refractivity contribution in [1.82, 2.24) is 24.7 Å². The molecule has 2 aliphatic rings. The van der Waals surface area contributed by atoms with E-state index in [-0.39, 0.29) is 11.8 Å². The lowest BCUT2D eigenvalue weighted by Crippen LogP contribution is -2.49. The van der Waals surface area contributed by atoms with Crippen molar-refractivity contribution in [3.63, 3.8) is 0 Å². The molecule has 28 heavy (non-hydrogen) atoms. The molecule has 2 saturated heterocycles. The second kappa shape index (κ2) is 7.97. The van der Waals surface area contributed by atoms with Gasteiger partial charge in [-0.25, -0.2) is 9.97 Å². The van der Waals surface area contributed by atoms with Crippen LogP contribution in [0.25, 0.3) is 0 Å². The zero-order chi connectivity index (χ0) is 19.5. The Morgan fingerprint density at radius 1 is 0.893 bits per heavy atom. The van der Waals surface area contributed by atoms with Crippen LogP contribution < -0.4 is 4.90 Å². The maximum atomic E-state index is 12.6. The zero-order valence-electron chi connectivity index (χ0n) is 16.0. The lowest BCUT2D eigenvalue weighted by Gasteiger charge is -2.34. The first-order chi connectivity index (χ1) is 13.6. The van der Waals surface area contributed by atoms with Gasteiger partial charge in [-0.05, 0) is 19.2 Å². The summed E-state index contributed by atoms with van der Waals surface area (Å²) in [6.45, 7) is 5.63. The van der Waals surface area contributed by atoms with Crippen molar-refractivity contribution in [3.8, 4) is 0 Å². The Kier molecular flexibility index (Phi) is 5.25. The van der Waals surface area contributed by atoms with E-state index < -0.39 is 0 Å². The topological polar surface area (TPSA) is 86.0 Å². The summed E-state index contributed by atoms with van der Waals surface area (Å²) in [5, 5.41) is 0. The van der Waals surface area contributed by atoms with E-state index >= 15 is 0 Å². The van der Waals surface area contributed by atoms with Gasteiger partial charge in [-0.15, -0.1) is 0 Å². The lowest BCUT2D eigenvalue weighted by atomic mass is 10.2. The van der Waals surface area contributed by atoms with Crippen molar-refractivity contribution < 1.29 is 14.0 Å². The molecule has 2 aliphatic heterocycles. The molecular weight excluding hydrogens is 360 g/mol. The van der Waals surface area contributed by atoms with Gasteiger partial charge in [0.15, 0.2) is 5.76 Å². The van der Waals surface area contributed by atoms with Crippen molar-refractivity contribution in [2.75, 3.05) is 64.3 Å². The van der Waals surface area contributed by atoms with Crippen molar-refractivity contribution in [2.45, 2.75) is 0 Å². The van der Waals surface area contributed by atoms with E-state index in [9.17, 15) is 9.59 Å². The number of piperazine rings is 2. The molecule has 9 nitrogen and oxygen atoms in total. The smallest absolute Gasteiger partial charge is 0.289 e. The highest BCUT2D eigenvalue weighted by molar-refractivity contribution is 5.94. The van der Waals surface area contributed by atoms with E-state index in [1.165, 1.54) is 6.26 Å². The number of aromatic nitrogens is 2. The van der Waals surface area contributed by atoms with Crippen LogP contribution in [0.15, 0.2) is 35.2 Å². The highest BCUT2D eigenvalue weighted by Crippen LogP contribution is 2.14. The van der Waals surface area contributed by atoms with Gasteiger partial charge in [0.25, 0.3) is 11.8 Å². The molecule has 2 amide bonds. The van der Waals surface area contributed by atoms with Gasteiger partial charge in [-0.2, -0.15) is 0 Å². The fourth-order valence-electron chi connectivity index (χ4n) is 3.45. The Balaban J connectivity index is 1.33. The first-order valence-corrected chi connectivity index (χ1v) is 9.49. The first-order valence-electron chi connectivity index (χ1n) is 9.49. The minimum Gasteiger partial charge on any atom is -0.459 e. The molecule has 0 radical (unpaired) electrons. The van der Waals surface area contributed by atoms with Crippen LogP contribution in [0, 0.1) is 0 Å². The van der Waals surface area contributed by atoms with Crippen LogP contribution in [0.2, 0.25) is 0 Å². The number of hydrogen-bond donors (Lipinski definition) is 0. The summed E-state index contributed by atoms with van der Waals surface area (Å²) in [5.41, 5.74) is 0.514. The fraction of sp³-hybridized carbons (Fsp3) is 0.474. The van der Waals surface area contributed by atoms with Gasteiger partial charge in [-0.1, -0.05) is 0 Å². The number of rotatable bonds is 3. The average Bonchev–Trinajstić information content (AvgIpc) is 3.28.